The van der Waals surface area contributed by atoms with Crippen LogP contribution in [0.5, 0.6) is 11.5 Å². The molecule has 1 amide bonds. The number of nitrogens with zero attached hydrogens (tertiary/aromatic N) is 2. The molecule has 1 aromatic carbocycles. The molecule has 1 saturated heterocycles. The Hall–Kier alpha value is -2.80. The molecule has 2 aromatic rings. The largest absolute Gasteiger partial charge is 0.493 e. The number of hydrogen-bond acceptors (Lipinski definition) is 5. The van der Waals surface area contributed by atoms with Crippen LogP contribution in [-0.2, 0) is 13.0 Å². The predicted molar refractivity (Wildman–Crippen MR) is 110 cm³/mol. The van der Waals surface area contributed by atoms with Crippen molar-refractivity contribution in [3.05, 3.63) is 57.5 Å². The van der Waals surface area contributed by atoms with Crippen molar-refractivity contribution >= 4 is 5.91 Å². The molecule has 1 aliphatic rings. The molecule has 1 unspecified atom stereocenters. The lowest BCUT2D eigenvalue weighted by Gasteiger charge is -2.18. The van der Waals surface area contributed by atoms with Gasteiger partial charge < -0.3 is 24.0 Å². The van der Waals surface area contributed by atoms with Gasteiger partial charge in [0.15, 0.2) is 11.5 Å². The first-order chi connectivity index (χ1) is 14.0. The number of likely N-dealkylation sites (tertiary alicyclic amines) is 1. The number of methoxy groups -OCH3 is 2. The summed E-state index contributed by atoms with van der Waals surface area (Å²) in [6.07, 6.45) is 3.12. The van der Waals surface area contributed by atoms with Crippen molar-refractivity contribution in [3.8, 4) is 11.5 Å². The second kappa shape index (κ2) is 9.13. The van der Waals surface area contributed by atoms with Gasteiger partial charge in [0.2, 0.25) is 0 Å². The van der Waals surface area contributed by atoms with Crippen LogP contribution in [0, 0.1) is 12.8 Å². The summed E-state index contributed by atoms with van der Waals surface area (Å²) in [5, 5.41) is 9.32. The Bertz CT molecular complexity index is 937. The maximum Gasteiger partial charge on any atom is 0.263 e. The van der Waals surface area contributed by atoms with E-state index in [4.69, 9.17) is 9.47 Å². The predicted octanol–water partition coefficient (Wildman–Crippen LogP) is 1.87. The van der Waals surface area contributed by atoms with Crippen molar-refractivity contribution in [1.29, 1.82) is 0 Å². The van der Waals surface area contributed by atoms with Gasteiger partial charge in [-0.05, 0) is 49.1 Å². The number of amides is 1. The van der Waals surface area contributed by atoms with Crippen molar-refractivity contribution in [2.45, 2.75) is 26.3 Å². The Morgan fingerprint density at radius 3 is 2.62 bits per heavy atom. The van der Waals surface area contributed by atoms with E-state index in [1.165, 1.54) is 0 Å². The van der Waals surface area contributed by atoms with E-state index in [9.17, 15) is 14.7 Å². The Labute approximate surface area is 170 Å². The number of aryl methyl sites for hydroxylation is 3. The molecule has 2 heterocycles. The highest BCUT2D eigenvalue weighted by atomic mass is 16.5. The van der Waals surface area contributed by atoms with Gasteiger partial charge in [-0.25, -0.2) is 0 Å². The lowest BCUT2D eigenvalue weighted by Crippen LogP contribution is -2.36. The lowest BCUT2D eigenvalue weighted by molar-refractivity contribution is 0.0778. The molecule has 7 nitrogen and oxygen atoms in total. The number of carbonyl (C=O) groups excluding carboxylic acids is 1. The van der Waals surface area contributed by atoms with Gasteiger partial charge in [-0.15, -0.1) is 0 Å². The molecule has 0 saturated carbocycles. The topological polar surface area (TPSA) is 81.0 Å². The fourth-order valence-electron chi connectivity index (χ4n) is 3.71. The molecule has 1 aliphatic heterocycles. The highest BCUT2D eigenvalue weighted by Gasteiger charge is 2.29. The summed E-state index contributed by atoms with van der Waals surface area (Å²) in [7, 11) is 3.18. The van der Waals surface area contributed by atoms with Crippen LogP contribution in [0.2, 0.25) is 0 Å². The van der Waals surface area contributed by atoms with Crippen LogP contribution >= 0.6 is 0 Å². The summed E-state index contributed by atoms with van der Waals surface area (Å²) < 4.78 is 12.2. The molecule has 3 rings (SSSR count). The minimum atomic E-state index is -0.275. The molecule has 0 aliphatic carbocycles. The van der Waals surface area contributed by atoms with Crippen LogP contribution in [-0.4, -0.2) is 54.4 Å². The first kappa shape index (κ1) is 20.9. The number of aliphatic hydroxyl groups is 1. The lowest BCUT2D eigenvalue weighted by atomic mass is 10.1. The van der Waals surface area contributed by atoms with E-state index in [1.807, 2.05) is 24.3 Å². The molecule has 29 heavy (non-hydrogen) atoms. The molecule has 1 atom stereocenters. The first-order valence-corrected chi connectivity index (χ1v) is 9.79. The number of ether oxygens (including phenoxy) is 2. The normalized spacial score (nSPS) is 16.1. The van der Waals surface area contributed by atoms with Gasteiger partial charge >= 0.3 is 0 Å². The summed E-state index contributed by atoms with van der Waals surface area (Å²) in [5.41, 5.74) is 1.63. The number of rotatable bonds is 7. The summed E-state index contributed by atoms with van der Waals surface area (Å²) in [5.74, 6) is 1.15. The third kappa shape index (κ3) is 4.45. The van der Waals surface area contributed by atoms with Gasteiger partial charge in [0.25, 0.3) is 11.5 Å². The zero-order chi connectivity index (χ0) is 21.0. The SMILES string of the molecule is COc1ccc(CCn2ccc(C)c(C(=O)N3CCC(CO)C3)c2=O)cc1OC. The molecule has 1 aromatic heterocycles. The van der Waals surface area contributed by atoms with Crippen molar-refractivity contribution in [2.75, 3.05) is 33.9 Å². The molecule has 0 bridgehead atoms. The van der Waals surface area contributed by atoms with Gasteiger partial charge in [-0.3, -0.25) is 9.59 Å². The van der Waals surface area contributed by atoms with E-state index < -0.39 is 0 Å². The van der Waals surface area contributed by atoms with Crippen molar-refractivity contribution in [3.63, 3.8) is 0 Å². The summed E-state index contributed by atoms with van der Waals surface area (Å²) >= 11 is 0. The Balaban J connectivity index is 1.79. The van der Waals surface area contributed by atoms with Gasteiger partial charge in [-0.2, -0.15) is 0 Å². The zero-order valence-electron chi connectivity index (χ0n) is 17.2. The number of hydrogen-bond donors (Lipinski definition) is 1. The Morgan fingerprint density at radius 2 is 1.97 bits per heavy atom. The number of carbonyl (C=O) groups is 1. The minimum Gasteiger partial charge on any atom is -0.493 e. The third-order valence-electron chi connectivity index (χ3n) is 5.51. The Morgan fingerprint density at radius 1 is 1.21 bits per heavy atom. The maximum atomic E-state index is 13.0. The molecule has 1 N–H and O–H groups in total. The first-order valence-electron chi connectivity index (χ1n) is 9.79. The molecular formula is C22H28N2O5. The van der Waals surface area contributed by atoms with E-state index in [0.29, 0.717) is 43.1 Å². The number of pyridine rings is 1. The fraction of sp³-hybridized carbons (Fsp3) is 0.455. The molecule has 1 fully saturated rings. The van der Waals surface area contributed by atoms with Gasteiger partial charge in [-0.1, -0.05) is 6.07 Å². The molecule has 7 heteroatoms. The minimum absolute atomic E-state index is 0.0626. The summed E-state index contributed by atoms with van der Waals surface area (Å²) in [6, 6.07) is 7.48. The van der Waals surface area contributed by atoms with E-state index in [2.05, 4.69) is 0 Å². The summed E-state index contributed by atoms with van der Waals surface area (Å²) in [4.78, 5) is 27.6. The average molecular weight is 400 g/mol. The fourth-order valence-corrected chi connectivity index (χ4v) is 3.71. The molecule has 0 spiro atoms. The zero-order valence-corrected chi connectivity index (χ0v) is 17.2. The quantitative estimate of drug-likeness (QED) is 0.767. The second-order valence-corrected chi connectivity index (χ2v) is 7.40. The number of aromatic nitrogens is 1. The molecule has 156 valence electrons. The number of benzene rings is 1. The van der Waals surface area contributed by atoms with Crippen LogP contribution < -0.4 is 15.0 Å². The molecule has 0 radical (unpaired) electrons. The standard InChI is InChI=1S/C22H28N2O5/c1-15-6-9-23(10-7-16-4-5-18(28-2)19(12-16)29-3)21(26)20(15)22(27)24-11-8-17(13-24)14-25/h4-6,9,12,17,25H,7-8,10-11,13-14H2,1-3H3. The monoisotopic (exact) mass is 400 g/mol. The van der Waals surface area contributed by atoms with E-state index in [0.717, 1.165) is 12.0 Å². The summed E-state index contributed by atoms with van der Waals surface area (Å²) in [6.45, 7) is 3.37. The van der Waals surface area contributed by atoms with Crippen LogP contribution in [0.15, 0.2) is 35.3 Å². The van der Waals surface area contributed by atoms with Crippen LogP contribution in [0.25, 0.3) is 0 Å². The smallest absolute Gasteiger partial charge is 0.263 e. The van der Waals surface area contributed by atoms with E-state index in [-0.39, 0.29) is 29.6 Å². The van der Waals surface area contributed by atoms with Crippen molar-refractivity contribution in [2.24, 2.45) is 5.92 Å². The maximum absolute atomic E-state index is 13.0. The van der Waals surface area contributed by atoms with Crippen molar-refractivity contribution < 1.29 is 19.4 Å². The van der Waals surface area contributed by atoms with Crippen LogP contribution in [0.3, 0.4) is 0 Å². The van der Waals surface area contributed by atoms with Crippen LogP contribution in [0.1, 0.15) is 27.9 Å². The van der Waals surface area contributed by atoms with Gasteiger partial charge in [0.1, 0.15) is 5.56 Å². The van der Waals surface area contributed by atoms with Gasteiger partial charge in [0.05, 0.1) is 14.2 Å². The van der Waals surface area contributed by atoms with E-state index in [1.54, 1.807) is 36.8 Å². The average Bonchev–Trinajstić information content (AvgIpc) is 3.22. The van der Waals surface area contributed by atoms with E-state index >= 15 is 0 Å². The second-order valence-electron chi connectivity index (χ2n) is 7.40. The van der Waals surface area contributed by atoms with Crippen LogP contribution in [0.4, 0.5) is 0 Å². The number of aliphatic hydroxyl groups excluding tert-OH is 1. The molecular weight excluding hydrogens is 372 g/mol. The van der Waals surface area contributed by atoms with Crippen molar-refractivity contribution in [1.82, 2.24) is 9.47 Å². The highest BCUT2D eigenvalue weighted by Crippen LogP contribution is 2.27. The Kier molecular flexibility index (Phi) is 6.59. The highest BCUT2D eigenvalue weighted by molar-refractivity contribution is 5.95. The van der Waals surface area contributed by atoms with Gasteiger partial charge in [0, 0.05) is 38.4 Å². The third-order valence-corrected chi connectivity index (χ3v) is 5.51.